The van der Waals surface area contributed by atoms with Crippen LogP contribution in [0.3, 0.4) is 0 Å². The molecule has 4 nitrogen and oxygen atoms in total. The van der Waals surface area contributed by atoms with E-state index in [0.717, 1.165) is 22.3 Å². The Kier molecular flexibility index (Phi) is 4.01. The fraction of sp³-hybridized carbons (Fsp3) is 0.0476. The van der Waals surface area contributed by atoms with Gasteiger partial charge in [-0.05, 0) is 30.2 Å². The Morgan fingerprint density at radius 3 is 1.68 bits per heavy atom. The normalized spacial score (nSPS) is 10.6. The minimum atomic E-state index is 0.688. The minimum absolute atomic E-state index is 0.688. The summed E-state index contributed by atoms with van der Waals surface area (Å²) in [6, 6.07) is 22.2. The lowest BCUT2D eigenvalue weighted by atomic mass is 10.0. The molecule has 2 aromatic carbocycles. The maximum absolute atomic E-state index is 4.64. The Balaban J connectivity index is 1.71. The zero-order chi connectivity index (χ0) is 17.1. The van der Waals surface area contributed by atoms with Gasteiger partial charge in [0.05, 0.1) is 0 Å². The van der Waals surface area contributed by atoms with Crippen molar-refractivity contribution in [1.29, 1.82) is 0 Å². The molecule has 0 spiro atoms. The smallest absolute Gasteiger partial charge is 0.163 e. The van der Waals surface area contributed by atoms with Crippen molar-refractivity contribution in [3.63, 3.8) is 0 Å². The van der Waals surface area contributed by atoms with E-state index in [0.29, 0.717) is 17.5 Å². The van der Waals surface area contributed by atoms with Gasteiger partial charge < -0.3 is 0 Å². The van der Waals surface area contributed by atoms with Crippen LogP contribution in [0.25, 0.3) is 33.9 Å². The van der Waals surface area contributed by atoms with Crippen molar-refractivity contribution < 1.29 is 0 Å². The fourth-order valence-corrected chi connectivity index (χ4v) is 2.68. The second-order valence-electron chi connectivity index (χ2n) is 5.71. The van der Waals surface area contributed by atoms with Gasteiger partial charge in [0, 0.05) is 23.5 Å². The number of hydrogen-bond donors (Lipinski definition) is 0. The zero-order valence-electron chi connectivity index (χ0n) is 13.8. The Morgan fingerprint density at radius 1 is 0.520 bits per heavy atom. The predicted molar refractivity (Wildman–Crippen MR) is 98.7 cm³/mol. The third-order valence-corrected chi connectivity index (χ3v) is 3.94. The molecular formula is C21H16N4. The molecule has 0 bridgehead atoms. The zero-order valence-corrected chi connectivity index (χ0v) is 13.8. The molecule has 2 heterocycles. The standard InChI is InChI=1S/C21H16N4/c1-15-23-20(18-5-3-2-4-6-18)25-21(24-15)19-9-7-16(8-10-19)17-11-13-22-14-12-17/h2-14H,1H3. The SMILES string of the molecule is Cc1nc(-c2ccccc2)nc(-c2ccc(-c3ccncc3)cc2)n1. The van der Waals surface area contributed by atoms with E-state index in [2.05, 4.69) is 32.1 Å². The number of nitrogens with zero attached hydrogens (tertiary/aromatic N) is 4. The summed E-state index contributed by atoms with van der Waals surface area (Å²) in [5, 5.41) is 0. The summed E-state index contributed by atoms with van der Waals surface area (Å²) in [6.07, 6.45) is 3.59. The summed E-state index contributed by atoms with van der Waals surface area (Å²) < 4.78 is 0. The van der Waals surface area contributed by atoms with E-state index >= 15 is 0 Å². The molecule has 0 amide bonds. The van der Waals surface area contributed by atoms with Gasteiger partial charge in [-0.2, -0.15) is 0 Å². The summed E-state index contributed by atoms with van der Waals surface area (Å²) in [7, 11) is 0. The number of aromatic nitrogens is 4. The van der Waals surface area contributed by atoms with Crippen LogP contribution < -0.4 is 0 Å². The van der Waals surface area contributed by atoms with Crippen LogP contribution in [0.15, 0.2) is 79.1 Å². The third kappa shape index (κ3) is 3.28. The summed E-state index contributed by atoms with van der Waals surface area (Å²) in [5.74, 6) is 2.09. The fourth-order valence-electron chi connectivity index (χ4n) is 2.68. The predicted octanol–water partition coefficient (Wildman–Crippen LogP) is 4.58. The number of benzene rings is 2. The van der Waals surface area contributed by atoms with Crippen LogP contribution in [0.5, 0.6) is 0 Å². The maximum Gasteiger partial charge on any atom is 0.163 e. The quantitative estimate of drug-likeness (QED) is 0.553. The first-order valence-corrected chi connectivity index (χ1v) is 8.08. The highest BCUT2D eigenvalue weighted by molar-refractivity contribution is 5.68. The number of pyridine rings is 1. The van der Waals surface area contributed by atoms with Crippen molar-refractivity contribution in [2.45, 2.75) is 6.92 Å². The molecule has 0 aliphatic carbocycles. The molecule has 25 heavy (non-hydrogen) atoms. The molecule has 0 saturated carbocycles. The van der Waals surface area contributed by atoms with Crippen LogP contribution in [-0.2, 0) is 0 Å². The van der Waals surface area contributed by atoms with Crippen LogP contribution in [0.2, 0.25) is 0 Å². The molecule has 0 unspecified atom stereocenters. The molecule has 0 fully saturated rings. The Labute approximate surface area is 146 Å². The maximum atomic E-state index is 4.64. The van der Waals surface area contributed by atoms with Crippen molar-refractivity contribution in [2.24, 2.45) is 0 Å². The second-order valence-corrected chi connectivity index (χ2v) is 5.71. The second kappa shape index (κ2) is 6.61. The van der Waals surface area contributed by atoms with E-state index in [1.807, 2.05) is 61.5 Å². The number of hydrogen-bond acceptors (Lipinski definition) is 4. The van der Waals surface area contributed by atoms with Gasteiger partial charge in [-0.15, -0.1) is 0 Å². The molecule has 0 radical (unpaired) electrons. The minimum Gasteiger partial charge on any atom is -0.265 e. The summed E-state index contributed by atoms with van der Waals surface area (Å²) in [5.41, 5.74) is 4.24. The van der Waals surface area contributed by atoms with E-state index in [-0.39, 0.29) is 0 Å². The van der Waals surface area contributed by atoms with Gasteiger partial charge in [0.1, 0.15) is 5.82 Å². The molecular weight excluding hydrogens is 308 g/mol. The van der Waals surface area contributed by atoms with Crippen LogP contribution in [0, 0.1) is 6.92 Å². The molecule has 4 aromatic rings. The van der Waals surface area contributed by atoms with Gasteiger partial charge in [0.25, 0.3) is 0 Å². The summed E-state index contributed by atoms with van der Waals surface area (Å²) in [6.45, 7) is 1.89. The van der Waals surface area contributed by atoms with Crippen LogP contribution in [0.4, 0.5) is 0 Å². The first kappa shape index (κ1) is 15.1. The lowest BCUT2D eigenvalue weighted by molar-refractivity contribution is 0.992. The van der Waals surface area contributed by atoms with E-state index in [4.69, 9.17) is 0 Å². The molecule has 0 saturated heterocycles. The first-order chi connectivity index (χ1) is 12.3. The third-order valence-electron chi connectivity index (χ3n) is 3.94. The largest absolute Gasteiger partial charge is 0.265 e. The molecule has 0 aliphatic rings. The Morgan fingerprint density at radius 2 is 1.04 bits per heavy atom. The molecule has 0 N–H and O–H groups in total. The highest BCUT2D eigenvalue weighted by Gasteiger charge is 2.08. The Bertz CT molecular complexity index is 981. The highest BCUT2D eigenvalue weighted by atomic mass is 15.0. The molecule has 0 aliphatic heterocycles. The molecule has 4 rings (SSSR count). The van der Waals surface area contributed by atoms with Crippen LogP contribution in [-0.4, -0.2) is 19.9 Å². The van der Waals surface area contributed by atoms with E-state index in [9.17, 15) is 0 Å². The van der Waals surface area contributed by atoms with Crippen LogP contribution in [0.1, 0.15) is 5.82 Å². The van der Waals surface area contributed by atoms with Crippen molar-refractivity contribution in [3.05, 3.63) is 84.9 Å². The average molecular weight is 324 g/mol. The van der Waals surface area contributed by atoms with Crippen LogP contribution >= 0.6 is 0 Å². The van der Waals surface area contributed by atoms with Gasteiger partial charge in [0.2, 0.25) is 0 Å². The lowest BCUT2D eigenvalue weighted by Crippen LogP contribution is -1.99. The number of rotatable bonds is 3. The van der Waals surface area contributed by atoms with Crippen molar-refractivity contribution >= 4 is 0 Å². The van der Waals surface area contributed by atoms with Crippen molar-refractivity contribution in [3.8, 4) is 33.9 Å². The van der Waals surface area contributed by atoms with Gasteiger partial charge in [-0.25, -0.2) is 15.0 Å². The molecule has 120 valence electrons. The Hall–Kier alpha value is -3.40. The molecule has 2 aromatic heterocycles. The topological polar surface area (TPSA) is 51.6 Å². The average Bonchev–Trinajstić information content (AvgIpc) is 2.69. The molecule has 0 atom stereocenters. The van der Waals surface area contributed by atoms with E-state index in [1.54, 1.807) is 12.4 Å². The monoisotopic (exact) mass is 324 g/mol. The van der Waals surface area contributed by atoms with Gasteiger partial charge in [0.15, 0.2) is 11.6 Å². The van der Waals surface area contributed by atoms with Gasteiger partial charge in [-0.1, -0.05) is 54.6 Å². The van der Waals surface area contributed by atoms with Gasteiger partial charge >= 0.3 is 0 Å². The van der Waals surface area contributed by atoms with E-state index in [1.165, 1.54) is 0 Å². The number of aryl methyl sites for hydroxylation is 1. The van der Waals surface area contributed by atoms with Crippen molar-refractivity contribution in [1.82, 2.24) is 19.9 Å². The van der Waals surface area contributed by atoms with Crippen molar-refractivity contribution in [2.75, 3.05) is 0 Å². The lowest BCUT2D eigenvalue weighted by Gasteiger charge is -2.07. The molecule has 4 heteroatoms. The highest BCUT2D eigenvalue weighted by Crippen LogP contribution is 2.24. The summed E-state index contributed by atoms with van der Waals surface area (Å²) in [4.78, 5) is 17.7. The first-order valence-electron chi connectivity index (χ1n) is 8.08. The van der Waals surface area contributed by atoms with Gasteiger partial charge in [-0.3, -0.25) is 4.98 Å². The summed E-state index contributed by atoms with van der Waals surface area (Å²) >= 11 is 0. The van der Waals surface area contributed by atoms with E-state index < -0.39 is 0 Å².